The normalized spacial score (nSPS) is 28.4. The van der Waals surface area contributed by atoms with Crippen molar-refractivity contribution in [1.82, 2.24) is 20.4 Å². The number of piperidine rings is 2. The summed E-state index contributed by atoms with van der Waals surface area (Å²) >= 11 is 13.1. The molecule has 4 heterocycles. The number of amides is 4. The van der Waals surface area contributed by atoms with Crippen molar-refractivity contribution in [2.75, 3.05) is 36.4 Å². The smallest absolute Gasteiger partial charge is 0.322 e. The van der Waals surface area contributed by atoms with E-state index < -0.39 is 64.7 Å². The number of rotatable bonds is 9. The molecule has 3 unspecified atom stereocenters. The summed E-state index contributed by atoms with van der Waals surface area (Å²) < 4.78 is 57.4. The first kappa shape index (κ1) is 43.1. The number of anilines is 2. The number of nitrogens with one attached hydrogen (secondary N) is 3. The first-order valence-corrected chi connectivity index (χ1v) is 24.9. The fourth-order valence-electron chi connectivity index (χ4n) is 10.5. The number of nitrogens with zero attached hydrogens (tertiary/aromatic N) is 3. The number of allylic oxidation sites excluding steroid dienone is 2. The van der Waals surface area contributed by atoms with E-state index in [1.807, 2.05) is 19.9 Å². The molecule has 2 aromatic carbocycles. The molecule has 4 saturated heterocycles. The van der Waals surface area contributed by atoms with Crippen LogP contribution in [0, 0.1) is 0 Å². The fourth-order valence-corrected chi connectivity index (χ4v) is 15.3. The van der Waals surface area contributed by atoms with E-state index in [0.717, 1.165) is 49.8 Å². The second kappa shape index (κ2) is 17.0. The molecule has 0 saturated carbocycles. The molecule has 0 spiro atoms. The summed E-state index contributed by atoms with van der Waals surface area (Å²) in [5.41, 5.74) is 1.96. The number of phenols is 2. The van der Waals surface area contributed by atoms with Crippen molar-refractivity contribution >= 4 is 66.3 Å². The third-order valence-electron chi connectivity index (χ3n) is 13.8. The SMILES string of the molecule is CC1=CCC[C@H]1NC(=O)Nc1ccc(Cl)c(S(=O)(=O)C2CCN3CC(N(C(=O)N[C@@H]4CCC=C4C)c4ccc(Cl)c(S(=O)(=O)C5CCN6CCC[C@@H]6C5)c4O)C[C@H]3C2)c1O. The number of hydrogen-bond donors (Lipinski definition) is 5. The zero-order chi connectivity index (χ0) is 42.7. The van der Waals surface area contributed by atoms with Gasteiger partial charge < -0.3 is 31.1 Å². The summed E-state index contributed by atoms with van der Waals surface area (Å²) in [5, 5.41) is 29.9. The second-order valence-corrected chi connectivity index (χ2v) is 22.5. The van der Waals surface area contributed by atoms with Crippen LogP contribution in [0.25, 0.3) is 0 Å². The van der Waals surface area contributed by atoms with Gasteiger partial charge in [0.05, 0.1) is 50.0 Å². The zero-order valence-corrected chi connectivity index (χ0v) is 37.0. The maximum Gasteiger partial charge on any atom is 0.322 e. The van der Waals surface area contributed by atoms with Crippen molar-refractivity contribution in [3.63, 3.8) is 0 Å². The lowest BCUT2D eigenvalue weighted by Crippen LogP contribution is -2.50. The molecular formula is C42H54Cl2N6O8S2. The summed E-state index contributed by atoms with van der Waals surface area (Å²) in [6, 6.07) is 3.38. The van der Waals surface area contributed by atoms with Crippen LogP contribution in [0.2, 0.25) is 10.0 Å². The molecule has 2 aromatic rings. The lowest BCUT2D eigenvalue weighted by molar-refractivity contribution is 0.198. The molecule has 4 aliphatic heterocycles. The van der Waals surface area contributed by atoms with E-state index in [0.29, 0.717) is 45.3 Å². The summed E-state index contributed by atoms with van der Waals surface area (Å²) in [5.74, 6) is -1.21. The molecule has 4 fully saturated rings. The third-order valence-corrected chi connectivity index (χ3v) is 19.2. The molecule has 0 radical (unpaired) electrons. The molecule has 0 aromatic heterocycles. The van der Waals surface area contributed by atoms with Gasteiger partial charge in [0.15, 0.2) is 31.2 Å². The average molecular weight is 906 g/mol. The molecule has 7 atom stereocenters. The average Bonchev–Trinajstić information content (AvgIpc) is 4.02. The van der Waals surface area contributed by atoms with E-state index in [-0.39, 0.29) is 63.3 Å². The Kier molecular flexibility index (Phi) is 12.2. The van der Waals surface area contributed by atoms with Crippen LogP contribution in [0.5, 0.6) is 11.5 Å². The number of benzene rings is 2. The number of halogens is 2. The van der Waals surface area contributed by atoms with Gasteiger partial charge in [0.25, 0.3) is 0 Å². The van der Waals surface area contributed by atoms with Gasteiger partial charge in [-0.05, 0) is 128 Å². The number of sulfone groups is 2. The van der Waals surface area contributed by atoms with Crippen LogP contribution in [0.15, 0.2) is 57.4 Å². The van der Waals surface area contributed by atoms with E-state index in [9.17, 15) is 36.6 Å². The van der Waals surface area contributed by atoms with Crippen molar-refractivity contribution in [2.24, 2.45) is 0 Å². The number of carbonyl (C=O) groups is 2. The Hall–Kier alpha value is -3.54. The molecule has 8 rings (SSSR count). The summed E-state index contributed by atoms with van der Waals surface area (Å²) in [6.07, 6.45) is 10.7. The predicted octanol–water partition coefficient (Wildman–Crippen LogP) is 6.74. The highest BCUT2D eigenvalue weighted by Gasteiger charge is 2.47. The van der Waals surface area contributed by atoms with Crippen molar-refractivity contribution in [3.8, 4) is 11.5 Å². The lowest BCUT2D eigenvalue weighted by Gasteiger charge is -2.35. The van der Waals surface area contributed by atoms with Crippen molar-refractivity contribution in [2.45, 2.75) is 135 Å². The Bertz CT molecular complexity index is 2340. The highest BCUT2D eigenvalue weighted by molar-refractivity contribution is 7.92. The van der Waals surface area contributed by atoms with Gasteiger partial charge in [0.2, 0.25) is 0 Å². The van der Waals surface area contributed by atoms with Crippen molar-refractivity contribution in [1.29, 1.82) is 0 Å². The molecule has 6 aliphatic rings. The predicted molar refractivity (Wildman–Crippen MR) is 232 cm³/mol. The topological polar surface area (TPSA) is 189 Å². The van der Waals surface area contributed by atoms with Gasteiger partial charge in [-0.2, -0.15) is 0 Å². The molecule has 4 amide bonds. The van der Waals surface area contributed by atoms with Crippen LogP contribution in [-0.4, -0.2) is 116 Å². The van der Waals surface area contributed by atoms with E-state index in [1.54, 1.807) is 0 Å². The zero-order valence-electron chi connectivity index (χ0n) is 33.9. The Morgan fingerprint density at radius 1 is 0.717 bits per heavy atom. The minimum atomic E-state index is -4.24. The lowest BCUT2D eigenvalue weighted by atomic mass is 10.0. The van der Waals surface area contributed by atoms with Crippen molar-refractivity contribution in [3.05, 3.63) is 57.6 Å². The molecule has 14 nitrogen and oxygen atoms in total. The first-order chi connectivity index (χ1) is 28.5. The number of carbonyl (C=O) groups excluding carboxylic acids is 2. The van der Waals surface area contributed by atoms with E-state index in [2.05, 4.69) is 31.8 Å². The molecule has 18 heteroatoms. The molecule has 5 N–H and O–H groups in total. The quantitative estimate of drug-likeness (QED) is 0.133. The Morgan fingerprint density at radius 3 is 1.93 bits per heavy atom. The van der Waals surface area contributed by atoms with E-state index in [1.165, 1.54) is 29.2 Å². The number of urea groups is 2. The number of fused-ring (bicyclic) bond motifs is 2. The highest BCUT2D eigenvalue weighted by Crippen LogP contribution is 2.46. The Labute approximate surface area is 362 Å². The van der Waals surface area contributed by atoms with E-state index >= 15 is 0 Å². The van der Waals surface area contributed by atoms with Crippen LogP contribution in [0.4, 0.5) is 21.0 Å². The van der Waals surface area contributed by atoms with E-state index in [4.69, 9.17) is 23.2 Å². The third kappa shape index (κ3) is 8.12. The van der Waals surface area contributed by atoms with Gasteiger partial charge in [-0.3, -0.25) is 9.80 Å². The largest absolute Gasteiger partial charge is 0.504 e. The van der Waals surface area contributed by atoms with Crippen LogP contribution in [0.1, 0.15) is 84.5 Å². The minimum absolute atomic E-state index is 0.0200. The van der Waals surface area contributed by atoms with Gasteiger partial charge in [-0.1, -0.05) is 46.5 Å². The monoisotopic (exact) mass is 904 g/mol. The van der Waals surface area contributed by atoms with Gasteiger partial charge in [-0.25, -0.2) is 26.4 Å². The Morgan fingerprint density at radius 2 is 1.30 bits per heavy atom. The first-order valence-electron chi connectivity index (χ1n) is 21.0. The van der Waals surface area contributed by atoms with Gasteiger partial charge >= 0.3 is 12.1 Å². The summed E-state index contributed by atoms with van der Waals surface area (Å²) in [4.78, 5) is 32.4. The molecule has 326 valence electrons. The van der Waals surface area contributed by atoms with Crippen LogP contribution in [0.3, 0.4) is 0 Å². The molecule has 60 heavy (non-hydrogen) atoms. The van der Waals surface area contributed by atoms with Crippen LogP contribution >= 0.6 is 23.2 Å². The molecular weight excluding hydrogens is 852 g/mol. The maximum atomic E-state index is 14.5. The highest BCUT2D eigenvalue weighted by atomic mass is 35.5. The standard InChI is InChI=1S/C42H54Cl2N6O8S2/c1-24-6-3-9-33(24)45-41(53)46-35-13-11-31(43)39(37(35)51)59(55,56)30-16-19-49-23-28(20-27(49)22-30)50(42(54)47-34-10-4-7-25(34)2)36-14-12-32(44)40(38(36)52)60(57,58)29-15-18-48-17-5-8-26(48)21-29/h6-7,11-14,26-30,33-34,51-52H,3-5,8-10,15-23H2,1-2H3,(H,47,54)(H2,45,46,53)/t26-,27+,28?,29?,30?,33-,34-/m1/s1. The molecule has 0 bridgehead atoms. The summed E-state index contributed by atoms with van der Waals surface area (Å²) in [6.45, 7) is 6.15. The summed E-state index contributed by atoms with van der Waals surface area (Å²) in [7, 11) is -8.35. The van der Waals surface area contributed by atoms with Gasteiger partial charge in [0, 0.05) is 18.6 Å². The second-order valence-electron chi connectivity index (χ2n) is 17.3. The van der Waals surface area contributed by atoms with Gasteiger partial charge in [0.1, 0.15) is 9.79 Å². The number of aromatic hydroxyl groups is 2. The van der Waals surface area contributed by atoms with Crippen LogP contribution < -0.4 is 20.9 Å². The van der Waals surface area contributed by atoms with Crippen molar-refractivity contribution < 1.29 is 36.6 Å². The molecule has 2 aliphatic carbocycles. The maximum absolute atomic E-state index is 14.5. The minimum Gasteiger partial charge on any atom is -0.504 e. The number of hydrogen-bond acceptors (Lipinski definition) is 10. The Balaban J connectivity index is 1.05. The van der Waals surface area contributed by atoms with Crippen LogP contribution in [-0.2, 0) is 19.7 Å². The van der Waals surface area contributed by atoms with Gasteiger partial charge in [-0.15, -0.1) is 0 Å². The fraction of sp³-hybridized carbons (Fsp3) is 0.571. The number of phenolic OH excluding ortho intramolecular Hbond substituents is 2.